The number of ether oxygens (including phenoxy) is 1. The van der Waals surface area contributed by atoms with Crippen LogP contribution in [0.1, 0.15) is 18.9 Å². The van der Waals surface area contributed by atoms with Gasteiger partial charge in [-0.3, -0.25) is 0 Å². The lowest BCUT2D eigenvalue weighted by Gasteiger charge is -2.05. The van der Waals surface area contributed by atoms with Gasteiger partial charge in [0, 0.05) is 17.5 Å². The third-order valence-electron chi connectivity index (χ3n) is 2.74. The zero-order valence-corrected chi connectivity index (χ0v) is 12.8. The molecule has 0 aliphatic heterocycles. The molecule has 114 valence electrons. The van der Waals surface area contributed by atoms with Gasteiger partial charge in [-0.2, -0.15) is 8.78 Å². The maximum atomic E-state index is 12.2. The number of nitrogens with zero attached hydrogens (tertiary/aromatic N) is 1. The number of nitrogens with one attached hydrogen (secondary N) is 1. The molecule has 0 bridgehead atoms. The molecule has 0 radical (unpaired) electrons. The van der Waals surface area contributed by atoms with Gasteiger partial charge in [0.15, 0.2) is 0 Å². The Balaban J connectivity index is 2.03. The lowest BCUT2D eigenvalue weighted by molar-refractivity contribution is -0.0498. The number of thiazole rings is 1. The molecule has 0 unspecified atom stereocenters. The minimum Gasteiger partial charge on any atom is -0.435 e. The molecule has 0 amide bonds. The summed E-state index contributed by atoms with van der Waals surface area (Å²) in [6, 6.07) is 6.60. The second kappa shape index (κ2) is 7.47. The van der Waals surface area contributed by atoms with Crippen LogP contribution in [0.2, 0.25) is 0 Å². The van der Waals surface area contributed by atoms with Gasteiger partial charge in [0.1, 0.15) is 10.8 Å². The highest BCUT2D eigenvalue weighted by molar-refractivity contribution is 7.09. The van der Waals surface area contributed by atoms with Crippen LogP contribution in [0.15, 0.2) is 29.6 Å². The number of benzene rings is 1. The molecule has 2 aromatic rings. The number of hydrogen-bond donors (Lipinski definition) is 1. The SMILES string of the molecule is CC(C)CNCc1nc(-c2cccc(OC(F)F)c2)cs1. The number of alkyl halides is 2. The van der Waals surface area contributed by atoms with Gasteiger partial charge in [-0.15, -0.1) is 11.3 Å². The Bertz CT molecular complexity index is 572. The van der Waals surface area contributed by atoms with Crippen LogP contribution in [0.25, 0.3) is 11.3 Å². The van der Waals surface area contributed by atoms with Crippen molar-refractivity contribution in [1.82, 2.24) is 10.3 Å². The van der Waals surface area contributed by atoms with E-state index in [0.717, 1.165) is 29.4 Å². The first kappa shape index (κ1) is 15.9. The Hall–Kier alpha value is -1.53. The molecule has 3 nitrogen and oxygen atoms in total. The molecule has 21 heavy (non-hydrogen) atoms. The number of rotatable bonds is 7. The summed E-state index contributed by atoms with van der Waals surface area (Å²) >= 11 is 1.55. The molecule has 0 spiro atoms. The zero-order chi connectivity index (χ0) is 15.2. The van der Waals surface area contributed by atoms with Crippen LogP contribution in [0.4, 0.5) is 8.78 Å². The van der Waals surface area contributed by atoms with Crippen LogP contribution in [-0.2, 0) is 6.54 Å². The minimum absolute atomic E-state index is 0.148. The second-order valence-corrected chi connectivity index (χ2v) is 6.00. The third kappa shape index (κ3) is 5.06. The number of aromatic nitrogens is 1. The van der Waals surface area contributed by atoms with Crippen molar-refractivity contribution in [2.75, 3.05) is 6.54 Å². The van der Waals surface area contributed by atoms with E-state index in [1.807, 2.05) is 11.4 Å². The van der Waals surface area contributed by atoms with Crippen molar-refractivity contribution in [2.24, 2.45) is 5.92 Å². The molecule has 1 N–H and O–H groups in total. The Morgan fingerprint density at radius 3 is 2.86 bits per heavy atom. The van der Waals surface area contributed by atoms with Gasteiger partial charge in [0.2, 0.25) is 0 Å². The summed E-state index contributed by atoms with van der Waals surface area (Å²) in [6.07, 6.45) is 0. The topological polar surface area (TPSA) is 34.2 Å². The summed E-state index contributed by atoms with van der Waals surface area (Å²) in [5.74, 6) is 0.739. The first-order chi connectivity index (χ1) is 10.0. The average molecular weight is 312 g/mol. The second-order valence-electron chi connectivity index (χ2n) is 5.06. The van der Waals surface area contributed by atoms with Gasteiger partial charge < -0.3 is 10.1 Å². The van der Waals surface area contributed by atoms with Crippen LogP contribution in [0.5, 0.6) is 5.75 Å². The smallest absolute Gasteiger partial charge is 0.387 e. The molecule has 0 aliphatic carbocycles. The predicted molar refractivity (Wildman–Crippen MR) is 80.7 cm³/mol. The van der Waals surface area contributed by atoms with E-state index in [-0.39, 0.29) is 5.75 Å². The van der Waals surface area contributed by atoms with Gasteiger partial charge in [-0.25, -0.2) is 4.98 Å². The van der Waals surface area contributed by atoms with Crippen LogP contribution < -0.4 is 10.1 Å². The maximum absolute atomic E-state index is 12.2. The largest absolute Gasteiger partial charge is 0.435 e. The predicted octanol–water partition coefficient (Wildman–Crippen LogP) is 4.16. The van der Waals surface area contributed by atoms with E-state index in [1.54, 1.807) is 23.5 Å². The Labute approximate surface area is 127 Å². The van der Waals surface area contributed by atoms with Gasteiger partial charge in [0.25, 0.3) is 0 Å². The molecule has 1 heterocycles. The monoisotopic (exact) mass is 312 g/mol. The first-order valence-electron chi connectivity index (χ1n) is 6.75. The highest BCUT2D eigenvalue weighted by Gasteiger charge is 2.08. The van der Waals surface area contributed by atoms with Gasteiger partial charge in [0.05, 0.1) is 5.69 Å². The quantitative estimate of drug-likeness (QED) is 0.833. The molecule has 1 aromatic carbocycles. The Morgan fingerprint density at radius 1 is 1.33 bits per heavy atom. The number of halogens is 2. The summed E-state index contributed by atoms with van der Waals surface area (Å²) in [5.41, 5.74) is 1.56. The summed E-state index contributed by atoms with van der Waals surface area (Å²) in [7, 11) is 0. The fourth-order valence-corrected chi connectivity index (χ4v) is 2.60. The normalized spacial score (nSPS) is 11.3. The van der Waals surface area contributed by atoms with Crippen molar-refractivity contribution in [1.29, 1.82) is 0 Å². The maximum Gasteiger partial charge on any atom is 0.387 e. The number of hydrogen-bond acceptors (Lipinski definition) is 4. The van der Waals surface area contributed by atoms with Crippen molar-refractivity contribution in [2.45, 2.75) is 27.0 Å². The fraction of sp³-hybridized carbons (Fsp3) is 0.400. The summed E-state index contributed by atoms with van der Waals surface area (Å²) in [6.45, 7) is 3.14. The van der Waals surface area contributed by atoms with Crippen LogP contribution >= 0.6 is 11.3 Å². The lowest BCUT2D eigenvalue weighted by atomic mass is 10.2. The highest BCUT2D eigenvalue weighted by Crippen LogP contribution is 2.26. The van der Waals surface area contributed by atoms with Crippen molar-refractivity contribution in [3.63, 3.8) is 0 Å². The molecule has 0 saturated carbocycles. The molecular weight excluding hydrogens is 294 g/mol. The van der Waals surface area contributed by atoms with Crippen LogP contribution in [0.3, 0.4) is 0 Å². The van der Waals surface area contributed by atoms with E-state index in [4.69, 9.17) is 0 Å². The van der Waals surface area contributed by atoms with E-state index in [9.17, 15) is 8.78 Å². The van der Waals surface area contributed by atoms with Crippen molar-refractivity contribution >= 4 is 11.3 Å². The van der Waals surface area contributed by atoms with Crippen molar-refractivity contribution in [3.8, 4) is 17.0 Å². The standard InChI is InChI=1S/C15H18F2N2OS/c1-10(2)7-18-8-14-19-13(9-21-14)11-4-3-5-12(6-11)20-15(16)17/h3-6,9-10,15,18H,7-8H2,1-2H3. The molecular formula is C15H18F2N2OS. The zero-order valence-electron chi connectivity index (χ0n) is 12.0. The lowest BCUT2D eigenvalue weighted by Crippen LogP contribution is -2.18. The average Bonchev–Trinajstić information content (AvgIpc) is 2.86. The van der Waals surface area contributed by atoms with Crippen LogP contribution in [0, 0.1) is 5.92 Å². The van der Waals surface area contributed by atoms with Crippen molar-refractivity contribution in [3.05, 3.63) is 34.7 Å². The van der Waals surface area contributed by atoms with Gasteiger partial charge >= 0.3 is 6.61 Å². The summed E-state index contributed by atoms with van der Waals surface area (Å²) in [4.78, 5) is 4.51. The Kier molecular flexibility index (Phi) is 5.64. The molecule has 2 rings (SSSR count). The van der Waals surface area contributed by atoms with E-state index >= 15 is 0 Å². The molecule has 0 aliphatic rings. The van der Waals surface area contributed by atoms with E-state index in [2.05, 4.69) is 28.9 Å². The van der Waals surface area contributed by atoms with E-state index in [0.29, 0.717) is 5.92 Å². The van der Waals surface area contributed by atoms with Gasteiger partial charge in [-0.1, -0.05) is 26.0 Å². The molecule has 0 saturated heterocycles. The Morgan fingerprint density at radius 2 is 2.14 bits per heavy atom. The van der Waals surface area contributed by atoms with Crippen molar-refractivity contribution < 1.29 is 13.5 Å². The molecule has 0 fully saturated rings. The third-order valence-corrected chi connectivity index (χ3v) is 3.58. The first-order valence-corrected chi connectivity index (χ1v) is 7.63. The minimum atomic E-state index is -2.81. The molecule has 1 aromatic heterocycles. The molecule has 0 atom stereocenters. The van der Waals surface area contributed by atoms with Gasteiger partial charge in [-0.05, 0) is 24.6 Å². The summed E-state index contributed by atoms with van der Waals surface area (Å²) < 4.78 is 28.8. The highest BCUT2D eigenvalue weighted by atomic mass is 32.1. The molecule has 6 heteroatoms. The van der Waals surface area contributed by atoms with Crippen LogP contribution in [-0.4, -0.2) is 18.1 Å². The van der Waals surface area contributed by atoms with E-state index in [1.165, 1.54) is 6.07 Å². The van der Waals surface area contributed by atoms with E-state index < -0.39 is 6.61 Å². The summed E-state index contributed by atoms with van der Waals surface area (Å²) in [5, 5.41) is 6.23. The fourth-order valence-electron chi connectivity index (χ4n) is 1.82.